The molecule has 2 amide bonds. The number of methoxy groups -OCH3 is 1. The minimum Gasteiger partial charge on any atom is -0.497 e. The van der Waals surface area contributed by atoms with Crippen molar-refractivity contribution in [2.45, 2.75) is 32.4 Å². The Morgan fingerprint density at radius 2 is 1.76 bits per heavy atom. The molecular formula is C22H27ClN2O4. The van der Waals surface area contributed by atoms with E-state index in [0.29, 0.717) is 23.8 Å². The molecule has 0 spiro atoms. The topological polar surface area (TPSA) is 67.9 Å². The van der Waals surface area contributed by atoms with Crippen LogP contribution in [0.3, 0.4) is 0 Å². The van der Waals surface area contributed by atoms with Crippen molar-refractivity contribution in [3.63, 3.8) is 0 Å². The summed E-state index contributed by atoms with van der Waals surface area (Å²) in [5.41, 5.74) is 0.799. The van der Waals surface area contributed by atoms with Gasteiger partial charge >= 0.3 is 0 Å². The third kappa shape index (κ3) is 6.68. The number of likely N-dealkylation sites (N-methyl/N-ethyl adjacent to an activating group) is 1. The maximum absolute atomic E-state index is 12.8. The van der Waals surface area contributed by atoms with Gasteiger partial charge in [0.1, 0.15) is 17.5 Å². The lowest BCUT2D eigenvalue weighted by atomic mass is 10.1. The molecule has 7 heteroatoms. The smallest absolute Gasteiger partial charge is 0.242 e. The first kappa shape index (κ1) is 22.6. The molecular weight excluding hydrogens is 392 g/mol. The monoisotopic (exact) mass is 418 g/mol. The fraction of sp³-hybridized carbons (Fsp3) is 0.364. The third-order valence-electron chi connectivity index (χ3n) is 4.58. The van der Waals surface area contributed by atoms with Crippen LogP contribution in [0, 0.1) is 0 Å². The maximum atomic E-state index is 12.8. The zero-order valence-electron chi connectivity index (χ0n) is 17.0. The minimum absolute atomic E-state index is 0.126. The summed E-state index contributed by atoms with van der Waals surface area (Å²) >= 11 is 6.24. The summed E-state index contributed by atoms with van der Waals surface area (Å²) in [4.78, 5) is 26.5. The molecule has 2 aromatic rings. The van der Waals surface area contributed by atoms with Crippen molar-refractivity contribution < 1.29 is 19.1 Å². The molecule has 0 bridgehead atoms. The van der Waals surface area contributed by atoms with Crippen molar-refractivity contribution in [2.24, 2.45) is 0 Å². The molecule has 0 unspecified atom stereocenters. The number of rotatable bonds is 10. The number of amides is 2. The largest absolute Gasteiger partial charge is 0.497 e. The molecule has 0 fully saturated rings. The lowest BCUT2D eigenvalue weighted by Gasteiger charge is -2.28. The van der Waals surface area contributed by atoms with Crippen molar-refractivity contribution in [2.75, 3.05) is 20.8 Å². The van der Waals surface area contributed by atoms with E-state index in [1.165, 1.54) is 0 Å². The first-order valence-electron chi connectivity index (χ1n) is 9.47. The number of nitrogens with one attached hydrogen (secondary N) is 1. The van der Waals surface area contributed by atoms with Gasteiger partial charge in [0.25, 0.3) is 0 Å². The summed E-state index contributed by atoms with van der Waals surface area (Å²) in [5, 5.41) is 3.16. The van der Waals surface area contributed by atoms with Gasteiger partial charge in [-0.3, -0.25) is 9.59 Å². The fourth-order valence-corrected chi connectivity index (χ4v) is 3.03. The zero-order chi connectivity index (χ0) is 21.2. The summed E-state index contributed by atoms with van der Waals surface area (Å²) in [6.07, 6.45) is 0.798. The van der Waals surface area contributed by atoms with Crippen LogP contribution in [0.25, 0.3) is 0 Å². The highest BCUT2D eigenvalue weighted by molar-refractivity contribution is 6.31. The number of carbonyl (C=O) groups excluding carboxylic acids is 2. The van der Waals surface area contributed by atoms with Crippen molar-refractivity contribution in [3.8, 4) is 11.5 Å². The van der Waals surface area contributed by atoms with Crippen LogP contribution in [0.4, 0.5) is 0 Å². The van der Waals surface area contributed by atoms with Gasteiger partial charge in [0.15, 0.2) is 0 Å². The quantitative estimate of drug-likeness (QED) is 0.598. The number of hydrogen-bond donors (Lipinski definition) is 1. The molecule has 0 aromatic heterocycles. The van der Waals surface area contributed by atoms with E-state index in [9.17, 15) is 9.59 Å². The van der Waals surface area contributed by atoms with Crippen LogP contribution in [0.2, 0.25) is 5.02 Å². The van der Waals surface area contributed by atoms with Gasteiger partial charge in [-0.2, -0.15) is 0 Å². The summed E-state index contributed by atoms with van der Waals surface area (Å²) in [6.45, 7) is 2.38. The lowest BCUT2D eigenvalue weighted by molar-refractivity contribution is -0.140. The van der Waals surface area contributed by atoms with Crippen molar-refractivity contribution >= 4 is 23.4 Å². The Morgan fingerprint density at radius 1 is 1.10 bits per heavy atom. The third-order valence-corrected chi connectivity index (χ3v) is 4.94. The molecule has 2 aromatic carbocycles. The standard InChI is InChI=1S/C22H27ClN2O4/c1-16(22(27)24-2)25(15-17-7-4-5-8-20(17)23)21(26)9-6-14-29-19-12-10-18(28-3)11-13-19/h4-5,7-8,10-13,16H,6,9,14-15H2,1-3H3,(H,24,27)/t16-/m1/s1. The number of carbonyl (C=O) groups is 2. The second-order valence-corrected chi connectivity index (χ2v) is 6.94. The van der Waals surface area contributed by atoms with E-state index < -0.39 is 6.04 Å². The summed E-state index contributed by atoms with van der Waals surface area (Å²) < 4.78 is 10.8. The number of ether oxygens (including phenoxy) is 2. The van der Waals surface area contributed by atoms with Crippen molar-refractivity contribution in [3.05, 3.63) is 59.1 Å². The average Bonchev–Trinajstić information content (AvgIpc) is 2.75. The predicted octanol–water partition coefficient (Wildman–Crippen LogP) is 3.67. The van der Waals surface area contributed by atoms with E-state index >= 15 is 0 Å². The number of nitrogens with zero attached hydrogens (tertiary/aromatic N) is 1. The molecule has 0 radical (unpaired) electrons. The molecule has 6 nitrogen and oxygen atoms in total. The highest BCUT2D eigenvalue weighted by atomic mass is 35.5. The van der Waals surface area contributed by atoms with Crippen molar-refractivity contribution in [1.82, 2.24) is 10.2 Å². The van der Waals surface area contributed by atoms with E-state index in [1.54, 1.807) is 32.0 Å². The van der Waals surface area contributed by atoms with Crippen LogP contribution in [-0.2, 0) is 16.1 Å². The van der Waals surface area contributed by atoms with Gasteiger partial charge < -0.3 is 19.7 Å². The summed E-state index contributed by atoms with van der Waals surface area (Å²) in [5.74, 6) is 1.12. The second-order valence-electron chi connectivity index (χ2n) is 6.53. The van der Waals surface area contributed by atoms with Gasteiger partial charge in [0, 0.05) is 25.0 Å². The highest BCUT2D eigenvalue weighted by Gasteiger charge is 2.25. The Bertz CT molecular complexity index is 811. The molecule has 2 rings (SSSR count). The molecule has 1 atom stereocenters. The predicted molar refractivity (Wildman–Crippen MR) is 113 cm³/mol. The van der Waals surface area contributed by atoms with E-state index in [2.05, 4.69) is 5.32 Å². The van der Waals surface area contributed by atoms with Gasteiger partial charge in [-0.25, -0.2) is 0 Å². The number of halogens is 1. The Balaban J connectivity index is 1.95. The van der Waals surface area contributed by atoms with Crippen LogP contribution in [-0.4, -0.2) is 43.5 Å². The Hall–Kier alpha value is -2.73. The van der Waals surface area contributed by atoms with E-state index in [1.807, 2.05) is 42.5 Å². The Labute approximate surface area is 176 Å². The van der Waals surface area contributed by atoms with E-state index in [4.69, 9.17) is 21.1 Å². The summed E-state index contributed by atoms with van der Waals surface area (Å²) in [6, 6.07) is 14.0. The van der Waals surface area contributed by atoms with E-state index in [-0.39, 0.29) is 24.8 Å². The van der Waals surface area contributed by atoms with Gasteiger partial charge in [-0.1, -0.05) is 29.8 Å². The molecule has 0 saturated carbocycles. The first-order chi connectivity index (χ1) is 14.0. The Kier molecular flexibility index (Phi) is 8.80. The zero-order valence-corrected chi connectivity index (χ0v) is 17.7. The molecule has 0 aliphatic carbocycles. The van der Waals surface area contributed by atoms with Gasteiger partial charge in [-0.15, -0.1) is 0 Å². The SMILES string of the molecule is CNC(=O)[C@@H](C)N(Cc1ccccc1Cl)C(=O)CCCOc1ccc(OC)cc1. The summed E-state index contributed by atoms with van der Waals surface area (Å²) in [7, 11) is 3.16. The molecule has 0 saturated heterocycles. The van der Waals surface area contributed by atoms with Crippen LogP contribution in [0.1, 0.15) is 25.3 Å². The van der Waals surface area contributed by atoms with E-state index in [0.717, 1.165) is 11.3 Å². The lowest BCUT2D eigenvalue weighted by Crippen LogP contribution is -2.46. The number of benzene rings is 2. The molecule has 29 heavy (non-hydrogen) atoms. The molecule has 156 valence electrons. The van der Waals surface area contributed by atoms with Gasteiger partial charge in [0.05, 0.1) is 13.7 Å². The molecule has 0 aliphatic rings. The fourth-order valence-electron chi connectivity index (χ4n) is 2.83. The highest BCUT2D eigenvalue weighted by Crippen LogP contribution is 2.20. The van der Waals surface area contributed by atoms with Crippen LogP contribution in [0.15, 0.2) is 48.5 Å². The molecule has 0 aliphatic heterocycles. The maximum Gasteiger partial charge on any atom is 0.242 e. The van der Waals surface area contributed by atoms with Crippen LogP contribution < -0.4 is 14.8 Å². The Morgan fingerprint density at radius 3 is 2.38 bits per heavy atom. The van der Waals surface area contributed by atoms with Gasteiger partial charge in [-0.05, 0) is 49.2 Å². The first-order valence-corrected chi connectivity index (χ1v) is 9.85. The van der Waals surface area contributed by atoms with Crippen LogP contribution >= 0.6 is 11.6 Å². The molecule has 1 N–H and O–H groups in total. The second kappa shape index (κ2) is 11.3. The van der Waals surface area contributed by atoms with Gasteiger partial charge in [0.2, 0.25) is 11.8 Å². The van der Waals surface area contributed by atoms with Crippen molar-refractivity contribution in [1.29, 1.82) is 0 Å². The minimum atomic E-state index is -0.605. The number of hydrogen-bond acceptors (Lipinski definition) is 4. The average molecular weight is 419 g/mol. The molecule has 0 heterocycles. The van der Waals surface area contributed by atoms with Crippen LogP contribution in [0.5, 0.6) is 11.5 Å². The normalized spacial score (nSPS) is 11.4.